The number of nitrogens with one attached hydrogen (secondary N) is 5. The predicted molar refractivity (Wildman–Crippen MR) is 114 cm³/mol. The van der Waals surface area contributed by atoms with E-state index in [4.69, 9.17) is 11.6 Å². The fraction of sp³-hybridized carbons (Fsp3) is 0. The lowest BCUT2D eigenvalue weighted by molar-refractivity contribution is -0.115. The van der Waals surface area contributed by atoms with Crippen LogP contribution in [0, 0.1) is 0 Å². The molecular formula is C19H14ClN9O2. The van der Waals surface area contributed by atoms with Crippen molar-refractivity contribution in [1.29, 1.82) is 0 Å². The average molecular weight is 436 g/mol. The van der Waals surface area contributed by atoms with Crippen molar-refractivity contribution in [2.75, 3.05) is 10.6 Å². The number of urea groups is 1. The lowest BCUT2D eigenvalue weighted by Gasteiger charge is -2.11. The molecule has 11 nitrogen and oxygen atoms in total. The molecular weight excluding hydrogens is 422 g/mol. The van der Waals surface area contributed by atoms with E-state index in [1.54, 1.807) is 41.2 Å². The van der Waals surface area contributed by atoms with Crippen molar-refractivity contribution < 1.29 is 9.59 Å². The summed E-state index contributed by atoms with van der Waals surface area (Å²) in [5.41, 5.74) is 1.84. The van der Waals surface area contributed by atoms with Crippen LogP contribution in [0.5, 0.6) is 0 Å². The van der Waals surface area contributed by atoms with Gasteiger partial charge in [-0.1, -0.05) is 17.7 Å². The third kappa shape index (κ3) is 3.76. The number of imide groups is 1. The van der Waals surface area contributed by atoms with Gasteiger partial charge in [0.15, 0.2) is 11.5 Å². The molecule has 0 unspecified atom stereocenters. The summed E-state index contributed by atoms with van der Waals surface area (Å²) in [7, 11) is 0. The largest absolute Gasteiger partial charge is 0.340 e. The first-order valence-electron chi connectivity index (χ1n) is 9.07. The number of benzene rings is 1. The Kier molecular flexibility index (Phi) is 4.49. The number of anilines is 4. The van der Waals surface area contributed by atoms with Gasteiger partial charge >= 0.3 is 6.03 Å². The van der Waals surface area contributed by atoms with E-state index in [9.17, 15) is 9.59 Å². The molecule has 0 atom stereocenters. The number of carbonyl (C=O) groups excluding carboxylic acids is 2. The quantitative estimate of drug-likeness (QED) is 0.240. The van der Waals surface area contributed by atoms with Gasteiger partial charge in [-0.2, -0.15) is 14.7 Å². The highest BCUT2D eigenvalue weighted by atomic mass is 35.5. The maximum absolute atomic E-state index is 11.9. The zero-order valence-corrected chi connectivity index (χ0v) is 16.4. The van der Waals surface area contributed by atoms with E-state index < -0.39 is 11.9 Å². The molecule has 1 aliphatic heterocycles. The lowest BCUT2D eigenvalue weighted by atomic mass is 10.2. The number of amides is 3. The summed E-state index contributed by atoms with van der Waals surface area (Å²) in [6, 6.07) is 10.2. The highest BCUT2D eigenvalue weighted by Crippen LogP contribution is 2.26. The van der Waals surface area contributed by atoms with Gasteiger partial charge in [0.25, 0.3) is 5.91 Å². The number of hydrogen-bond donors (Lipinski definition) is 5. The van der Waals surface area contributed by atoms with Crippen molar-refractivity contribution >= 4 is 58.4 Å². The fourth-order valence-corrected chi connectivity index (χ4v) is 3.24. The summed E-state index contributed by atoms with van der Waals surface area (Å²) in [6.45, 7) is 0. The maximum atomic E-state index is 11.9. The second-order valence-electron chi connectivity index (χ2n) is 6.55. The molecule has 0 bridgehead atoms. The summed E-state index contributed by atoms with van der Waals surface area (Å²) < 4.78 is 1.57. The minimum absolute atomic E-state index is 0.108. The van der Waals surface area contributed by atoms with Crippen LogP contribution in [-0.4, -0.2) is 36.7 Å². The molecule has 1 saturated heterocycles. The minimum atomic E-state index is -0.579. The Balaban J connectivity index is 1.60. The van der Waals surface area contributed by atoms with Crippen molar-refractivity contribution in [3.63, 3.8) is 0 Å². The molecule has 1 aliphatic rings. The zero-order valence-electron chi connectivity index (χ0n) is 15.7. The van der Waals surface area contributed by atoms with Gasteiger partial charge in [-0.05, 0) is 24.3 Å². The molecule has 0 aliphatic carbocycles. The molecule has 3 aromatic heterocycles. The summed E-state index contributed by atoms with van der Waals surface area (Å²) in [5.74, 6) is 1.14. The molecule has 5 N–H and O–H groups in total. The van der Waals surface area contributed by atoms with Crippen molar-refractivity contribution in [2.45, 2.75) is 0 Å². The van der Waals surface area contributed by atoms with Gasteiger partial charge in [0.05, 0.1) is 6.20 Å². The lowest BCUT2D eigenvalue weighted by Crippen LogP contribution is -2.22. The number of aromatic amines is 1. The molecule has 12 heteroatoms. The van der Waals surface area contributed by atoms with Crippen molar-refractivity contribution in [1.82, 2.24) is 35.4 Å². The smallest absolute Gasteiger partial charge is 0.326 e. The third-order valence-corrected chi connectivity index (χ3v) is 4.61. The van der Waals surface area contributed by atoms with E-state index in [2.05, 4.69) is 41.5 Å². The summed E-state index contributed by atoms with van der Waals surface area (Å²) >= 11 is 6.08. The molecule has 3 amide bonds. The van der Waals surface area contributed by atoms with Gasteiger partial charge in [-0.15, -0.1) is 0 Å². The van der Waals surface area contributed by atoms with Gasteiger partial charge in [0.2, 0.25) is 0 Å². The van der Waals surface area contributed by atoms with Crippen LogP contribution in [0.15, 0.2) is 54.5 Å². The first-order chi connectivity index (χ1) is 15.0. The van der Waals surface area contributed by atoms with E-state index in [1.165, 1.54) is 6.08 Å². The molecule has 4 aromatic rings. The van der Waals surface area contributed by atoms with Gasteiger partial charge in [-0.25, -0.2) is 9.78 Å². The van der Waals surface area contributed by atoms with Crippen LogP contribution in [0.4, 0.5) is 27.9 Å². The van der Waals surface area contributed by atoms with E-state index >= 15 is 0 Å². The monoisotopic (exact) mass is 435 g/mol. The van der Waals surface area contributed by atoms with Crippen molar-refractivity contribution in [2.24, 2.45) is 0 Å². The van der Waals surface area contributed by atoms with Crippen LogP contribution < -0.4 is 21.3 Å². The molecule has 1 fully saturated rings. The SMILES string of the molecule is O=C1NC(=O)/C(=C/c2cnn3c(Nc4cc[nH]n4)cc(Nc4cccc(Cl)c4)nc23)N1. The number of rotatable bonds is 5. The topological polar surface area (TPSA) is 141 Å². The van der Waals surface area contributed by atoms with E-state index in [1.807, 2.05) is 12.1 Å². The molecule has 1 aromatic carbocycles. The molecule has 154 valence electrons. The Bertz CT molecular complexity index is 1340. The van der Waals surface area contributed by atoms with Crippen LogP contribution in [0.1, 0.15) is 5.56 Å². The second kappa shape index (κ2) is 7.46. The summed E-state index contributed by atoms with van der Waals surface area (Å²) in [5, 5.41) is 22.8. The van der Waals surface area contributed by atoms with E-state index in [0.29, 0.717) is 33.7 Å². The Morgan fingerprint density at radius 2 is 1.97 bits per heavy atom. The Morgan fingerprint density at radius 1 is 1.06 bits per heavy atom. The number of aromatic nitrogens is 5. The van der Waals surface area contributed by atoms with Crippen LogP contribution in [0.3, 0.4) is 0 Å². The van der Waals surface area contributed by atoms with Gasteiger partial charge in [0, 0.05) is 34.6 Å². The first-order valence-corrected chi connectivity index (χ1v) is 9.45. The van der Waals surface area contributed by atoms with Crippen molar-refractivity contribution in [3.8, 4) is 0 Å². The number of nitrogens with zero attached hydrogens (tertiary/aromatic N) is 4. The van der Waals surface area contributed by atoms with Crippen LogP contribution in [-0.2, 0) is 4.79 Å². The Hall–Kier alpha value is -4.38. The number of fused-ring (bicyclic) bond motifs is 1. The molecule has 0 spiro atoms. The Labute approximate surface area is 179 Å². The molecule has 4 heterocycles. The van der Waals surface area contributed by atoms with Crippen LogP contribution in [0.25, 0.3) is 11.7 Å². The van der Waals surface area contributed by atoms with Crippen molar-refractivity contribution in [3.05, 3.63) is 65.1 Å². The number of hydrogen-bond acceptors (Lipinski definition) is 7. The fourth-order valence-electron chi connectivity index (χ4n) is 3.05. The standard InChI is InChI=1S/C19H14ClN9O2/c20-11-2-1-3-12(7-11)23-15-8-16(25-14-4-5-21-28-14)29-17(26-15)10(9-22-29)6-13-18(30)27-19(31)24-13/h1-9H,(H,23,26)(H2,21,25,28)(H2,24,27,30,31)/b13-6-. The molecule has 0 saturated carbocycles. The zero-order chi connectivity index (χ0) is 21.4. The number of H-pyrrole nitrogens is 1. The van der Waals surface area contributed by atoms with Crippen LogP contribution in [0.2, 0.25) is 5.02 Å². The van der Waals surface area contributed by atoms with E-state index in [0.717, 1.165) is 5.69 Å². The first kappa shape index (κ1) is 18.6. The molecule has 31 heavy (non-hydrogen) atoms. The number of carbonyl (C=O) groups is 2. The second-order valence-corrected chi connectivity index (χ2v) is 6.98. The molecule has 0 radical (unpaired) electrons. The molecule has 5 rings (SSSR count). The predicted octanol–water partition coefficient (Wildman–Crippen LogP) is 2.77. The van der Waals surface area contributed by atoms with Gasteiger partial charge in [-0.3, -0.25) is 15.2 Å². The maximum Gasteiger partial charge on any atom is 0.326 e. The summed E-state index contributed by atoms with van der Waals surface area (Å²) in [4.78, 5) is 27.9. The highest BCUT2D eigenvalue weighted by Gasteiger charge is 2.23. The minimum Gasteiger partial charge on any atom is -0.340 e. The summed E-state index contributed by atoms with van der Waals surface area (Å²) in [6.07, 6.45) is 4.75. The normalized spacial score (nSPS) is 14.7. The number of halogens is 1. The highest BCUT2D eigenvalue weighted by molar-refractivity contribution is 6.30. The van der Waals surface area contributed by atoms with Crippen LogP contribution >= 0.6 is 11.6 Å². The van der Waals surface area contributed by atoms with Gasteiger partial charge in [0.1, 0.15) is 17.3 Å². The third-order valence-electron chi connectivity index (χ3n) is 4.37. The van der Waals surface area contributed by atoms with Gasteiger partial charge < -0.3 is 16.0 Å². The average Bonchev–Trinajstić information content (AvgIpc) is 3.44. The Morgan fingerprint density at radius 3 is 2.71 bits per heavy atom. The van der Waals surface area contributed by atoms with E-state index in [-0.39, 0.29) is 5.70 Å².